The van der Waals surface area contributed by atoms with Gasteiger partial charge < -0.3 is 0 Å². The Kier molecular flexibility index (Phi) is 3.49. The first-order valence-corrected chi connectivity index (χ1v) is 5.37. The number of Topliss-reactive ketones (excluding diaryl/α,β-unsaturated/α-hetero) is 1. The summed E-state index contributed by atoms with van der Waals surface area (Å²) in [6.07, 6.45) is 0.270. The molecule has 1 rings (SSSR count). The normalized spacial score (nSPS) is 13.9. The molecule has 0 fully saturated rings. The van der Waals surface area contributed by atoms with Gasteiger partial charge in [-0.3, -0.25) is 4.79 Å². The number of benzene rings is 1. The highest BCUT2D eigenvalue weighted by Crippen LogP contribution is 2.28. The van der Waals surface area contributed by atoms with Gasteiger partial charge in [-0.1, -0.05) is 18.2 Å². The molecule has 0 amide bonds. The first-order chi connectivity index (χ1) is 7.39. The fourth-order valence-electron chi connectivity index (χ4n) is 1.79. The maximum Gasteiger partial charge on any atom is 0.131 e. The predicted octanol–water partition coefficient (Wildman–Crippen LogP) is 3.06. The Morgan fingerprint density at radius 2 is 2.00 bits per heavy atom. The zero-order valence-corrected chi connectivity index (χ0v) is 10.3. The minimum atomic E-state index is -0.704. The third-order valence-electron chi connectivity index (χ3n) is 2.99. The largest absolute Gasteiger partial charge is 0.300 e. The molecule has 0 aliphatic rings. The van der Waals surface area contributed by atoms with Gasteiger partial charge >= 0.3 is 0 Å². The summed E-state index contributed by atoms with van der Waals surface area (Å²) in [6, 6.07) is 8.19. The summed E-state index contributed by atoms with van der Waals surface area (Å²) in [4.78, 5) is 11.2. The number of hydrogen-bond donors (Lipinski definition) is 0. The Balaban J connectivity index is 3.19. The number of rotatable bonds is 3. The predicted molar refractivity (Wildman–Crippen MR) is 64.2 cm³/mol. The van der Waals surface area contributed by atoms with E-state index in [0.29, 0.717) is 0 Å². The van der Waals surface area contributed by atoms with Gasteiger partial charge in [0.2, 0.25) is 0 Å². The molecule has 0 N–H and O–H groups in total. The van der Waals surface area contributed by atoms with Crippen LogP contribution in [0.3, 0.4) is 0 Å². The highest BCUT2D eigenvalue weighted by atomic mass is 16.1. The Morgan fingerprint density at radius 3 is 2.44 bits per heavy atom. The summed E-state index contributed by atoms with van der Waals surface area (Å²) >= 11 is 0. The molecule has 1 unspecified atom stereocenters. The van der Waals surface area contributed by atoms with Crippen LogP contribution in [0.5, 0.6) is 0 Å². The van der Waals surface area contributed by atoms with Crippen molar-refractivity contribution in [1.82, 2.24) is 0 Å². The summed E-state index contributed by atoms with van der Waals surface area (Å²) in [6.45, 7) is 7.40. The lowest BCUT2D eigenvalue weighted by atomic mass is 9.79. The topological polar surface area (TPSA) is 40.9 Å². The second-order valence-electron chi connectivity index (χ2n) is 4.62. The van der Waals surface area contributed by atoms with Gasteiger partial charge in [-0.2, -0.15) is 5.26 Å². The number of ketones is 1. The summed E-state index contributed by atoms with van der Waals surface area (Å²) in [5, 5.41) is 9.25. The van der Waals surface area contributed by atoms with Gasteiger partial charge in [0, 0.05) is 6.42 Å². The lowest BCUT2D eigenvalue weighted by Gasteiger charge is -2.21. The maximum atomic E-state index is 11.2. The fourth-order valence-corrected chi connectivity index (χ4v) is 1.79. The van der Waals surface area contributed by atoms with Gasteiger partial charge in [0.1, 0.15) is 5.78 Å². The SMILES string of the molecule is CC(=O)CC(C)(C#N)c1ccc(C)c(C)c1. The molecule has 1 aromatic carbocycles. The summed E-state index contributed by atoms with van der Waals surface area (Å²) in [7, 11) is 0. The van der Waals surface area contributed by atoms with Crippen LogP contribution in [0.4, 0.5) is 0 Å². The van der Waals surface area contributed by atoms with Crippen molar-refractivity contribution in [2.24, 2.45) is 0 Å². The summed E-state index contributed by atoms with van der Waals surface area (Å²) < 4.78 is 0. The number of carbonyl (C=O) groups is 1. The number of nitrogens with zero attached hydrogens (tertiary/aromatic N) is 1. The van der Waals surface area contributed by atoms with E-state index < -0.39 is 5.41 Å². The number of hydrogen-bond acceptors (Lipinski definition) is 2. The molecule has 0 saturated heterocycles. The molecule has 0 saturated carbocycles. The molecule has 2 nitrogen and oxygen atoms in total. The van der Waals surface area contributed by atoms with E-state index in [1.54, 1.807) is 0 Å². The molecule has 0 bridgehead atoms. The fraction of sp³-hybridized carbons (Fsp3) is 0.429. The van der Waals surface area contributed by atoms with Gasteiger partial charge in [-0.05, 0) is 44.4 Å². The maximum absolute atomic E-state index is 11.2. The van der Waals surface area contributed by atoms with Gasteiger partial charge in [-0.15, -0.1) is 0 Å². The number of aryl methyl sites for hydroxylation is 2. The van der Waals surface area contributed by atoms with Crippen molar-refractivity contribution in [1.29, 1.82) is 5.26 Å². The van der Waals surface area contributed by atoms with Crippen molar-refractivity contribution in [3.63, 3.8) is 0 Å². The van der Waals surface area contributed by atoms with E-state index in [2.05, 4.69) is 6.07 Å². The van der Waals surface area contributed by atoms with E-state index in [1.165, 1.54) is 12.5 Å². The third kappa shape index (κ3) is 2.49. The Labute approximate surface area is 96.9 Å². The second kappa shape index (κ2) is 4.49. The molecule has 0 aromatic heterocycles. The van der Waals surface area contributed by atoms with Crippen molar-refractivity contribution in [2.75, 3.05) is 0 Å². The van der Waals surface area contributed by atoms with E-state index in [9.17, 15) is 10.1 Å². The minimum Gasteiger partial charge on any atom is -0.300 e. The van der Waals surface area contributed by atoms with E-state index in [0.717, 1.165) is 11.1 Å². The highest BCUT2D eigenvalue weighted by molar-refractivity contribution is 5.77. The summed E-state index contributed by atoms with van der Waals surface area (Å²) in [5.74, 6) is 0.0438. The molecule has 84 valence electrons. The lowest BCUT2D eigenvalue weighted by Crippen LogP contribution is -2.23. The smallest absolute Gasteiger partial charge is 0.131 e. The molecular formula is C14H17NO. The van der Waals surface area contributed by atoms with Crippen molar-refractivity contribution in [3.8, 4) is 6.07 Å². The Morgan fingerprint density at radius 1 is 1.38 bits per heavy atom. The molecule has 2 heteroatoms. The van der Waals surface area contributed by atoms with Crippen LogP contribution in [0.1, 0.15) is 37.0 Å². The molecule has 1 atom stereocenters. The zero-order valence-electron chi connectivity index (χ0n) is 10.3. The van der Waals surface area contributed by atoms with Gasteiger partial charge in [0.25, 0.3) is 0 Å². The van der Waals surface area contributed by atoms with Crippen molar-refractivity contribution < 1.29 is 4.79 Å². The highest BCUT2D eigenvalue weighted by Gasteiger charge is 2.28. The molecule has 0 aliphatic heterocycles. The molecule has 1 aromatic rings. The van der Waals surface area contributed by atoms with Crippen LogP contribution < -0.4 is 0 Å². The zero-order chi connectivity index (χ0) is 12.3. The van der Waals surface area contributed by atoms with Gasteiger partial charge in [0.15, 0.2) is 0 Å². The Hall–Kier alpha value is -1.62. The first kappa shape index (κ1) is 12.4. The summed E-state index contributed by atoms with van der Waals surface area (Å²) in [5.41, 5.74) is 2.58. The molecular weight excluding hydrogens is 198 g/mol. The first-order valence-electron chi connectivity index (χ1n) is 5.37. The van der Waals surface area contributed by atoms with E-state index >= 15 is 0 Å². The van der Waals surface area contributed by atoms with Gasteiger partial charge in [-0.25, -0.2) is 0 Å². The van der Waals surface area contributed by atoms with Crippen LogP contribution in [0.2, 0.25) is 0 Å². The van der Waals surface area contributed by atoms with Crippen LogP contribution in [0, 0.1) is 25.2 Å². The standard InChI is InChI=1S/C14H17NO/c1-10-5-6-13(7-11(10)2)14(4,9-15)8-12(3)16/h5-7H,8H2,1-4H3. The van der Waals surface area contributed by atoms with E-state index in [1.807, 2.05) is 39.0 Å². The van der Waals surface area contributed by atoms with Crippen LogP contribution in [0.25, 0.3) is 0 Å². The molecule has 0 radical (unpaired) electrons. The average Bonchev–Trinajstić information content (AvgIpc) is 2.21. The molecule has 0 heterocycles. The molecule has 0 aliphatic carbocycles. The second-order valence-corrected chi connectivity index (χ2v) is 4.62. The monoisotopic (exact) mass is 215 g/mol. The molecule has 16 heavy (non-hydrogen) atoms. The number of carbonyl (C=O) groups excluding carboxylic acids is 1. The van der Waals surface area contributed by atoms with Crippen LogP contribution >= 0.6 is 0 Å². The van der Waals surface area contributed by atoms with E-state index in [-0.39, 0.29) is 12.2 Å². The van der Waals surface area contributed by atoms with Crippen LogP contribution in [-0.4, -0.2) is 5.78 Å². The molecule has 0 spiro atoms. The minimum absolute atomic E-state index is 0.0438. The van der Waals surface area contributed by atoms with Crippen molar-refractivity contribution in [2.45, 2.75) is 39.5 Å². The van der Waals surface area contributed by atoms with Crippen LogP contribution in [0.15, 0.2) is 18.2 Å². The third-order valence-corrected chi connectivity index (χ3v) is 2.99. The average molecular weight is 215 g/mol. The van der Waals surface area contributed by atoms with Crippen LogP contribution in [-0.2, 0) is 10.2 Å². The number of nitriles is 1. The van der Waals surface area contributed by atoms with Crippen molar-refractivity contribution in [3.05, 3.63) is 34.9 Å². The Bertz CT molecular complexity index is 456. The van der Waals surface area contributed by atoms with Gasteiger partial charge in [0.05, 0.1) is 11.5 Å². The van der Waals surface area contributed by atoms with Crippen molar-refractivity contribution >= 4 is 5.78 Å². The lowest BCUT2D eigenvalue weighted by molar-refractivity contribution is -0.117. The van der Waals surface area contributed by atoms with E-state index in [4.69, 9.17) is 0 Å². The quantitative estimate of drug-likeness (QED) is 0.777.